The number of nitrogens with one attached hydrogen (secondary N) is 1. The number of aromatic nitrogens is 1. The fraction of sp³-hybridized carbons (Fsp3) is 0.667. The van der Waals surface area contributed by atoms with Gasteiger partial charge in [0.25, 0.3) is 0 Å². The monoisotopic (exact) mass is 327 g/mol. The molecule has 19 heavy (non-hydrogen) atoms. The lowest BCUT2D eigenvalue weighted by atomic mass is 10.1. The first kappa shape index (κ1) is 20.9. The minimum atomic E-state index is 0. The van der Waals surface area contributed by atoms with Crippen LogP contribution in [-0.2, 0) is 11.2 Å². The lowest BCUT2D eigenvalue weighted by Gasteiger charge is -2.09. The molecule has 0 saturated carbocycles. The van der Waals surface area contributed by atoms with Gasteiger partial charge in [0.15, 0.2) is 0 Å². The van der Waals surface area contributed by atoms with Crippen LogP contribution in [0.5, 0.6) is 0 Å². The normalized spacial score (nSPS) is 11.1. The molecular formula is C12H23Cl2N3OS. The molecule has 4 nitrogen and oxygen atoms in total. The molecule has 1 atom stereocenters. The average molecular weight is 328 g/mol. The highest BCUT2D eigenvalue weighted by atomic mass is 35.5. The van der Waals surface area contributed by atoms with E-state index in [1.165, 1.54) is 0 Å². The highest BCUT2D eigenvalue weighted by Crippen LogP contribution is 2.10. The van der Waals surface area contributed by atoms with Gasteiger partial charge < -0.3 is 11.1 Å². The van der Waals surface area contributed by atoms with Crippen molar-refractivity contribution in [2.24, 2.45) is 11.7 Å². The van der Waals surface area contributed by atoms with E-state index in [1.807, 2.05) is 13.8 Å². The highest BCUT2D eigenvalue weighted by Gasteiger charge is 2.05. The Morgan fingerprint density at radius 2 is 2.21 bits per heavy atom. The third-order valence-electron chi connectivity index (χ3n) is 2.55. The maximum absolute atomic E-state index is 11.5. The molecular weight excluding hydrogens is 305 g/mol. The third-order valence-corrected chi connectivity index (χ3v) is 3.38. The van der Waals surface area contributed by atoms with Crippen LogP contribution in [0.2, 0.25) is 0 Å². The maximum atomic E-state index is 11.5. The van der Waals surface area contributed by atoms with Crippen molar-refractivity contribution in [3.05, 3.63) is 16.1 Å². The van der Waals surface area contributed by atoms with E-state index in [0.717, 1.165) is 23.5 Å². The van der Waals surface area contributed by atoms with Gasteiger partial charge in [0.05, 0.1) is 10.7 Å². The van der Waals surface area contributed by atoms with Gasteiger partial charge in [-0.05, 0) is 32.2 Å². The van der Waals surface area contributed by atoms with Gasteiger partial charge in [0.2, 0.25) is 5.91 Å². The van der Waals surface area contributed by atoms with Crippen LogP contribution in [0.3, 0.4) is 0 Å². The number of carbonyl (C=O) groups excluding carboxylic acids is 1. The van der Waals surface area contributed by atoms with Crippen molar-refractivity contribution in [1.29, 1.82) is 0 Å². The van der Waals surface area contributed by atoms with E-state index in [-0.39, 0.29) is 30.7 Å². The molecule has 1 amide bonds. The second-order valence-corrected chi connectivity index (χ2v) is 5.42. The second kappa shape index (κ2) is 11.5. The van der Waals surface area contributed by atoms with E-state index < -0.39 is 0 Å². The number of carbonyl (C=O) groups is 1. The van der Waals surface area contributed by atoms with Crippen LogP contribution in [0.4, 0.5) is 0 Å². The summed E-state index contributed by atoms with van der Waals surface area (Å²) in [5, 5.41) is 6.03. The number of rotatable bonds is 7. The van der Waals surface area contributed by atoms with Gasteiger partial charge in [-0.25, -0.2) is 4.98 Å². The molecule has 0 aliphatic rings. The second-order valence-electron chi connectivity index (χ2n) is 4.36. The predicted octanol–water partition coefficient (Wildman–Crippen LogP) is 2.33. The van der Waals surface area contributed by atoms with Crippen molar-refractivity contribution >= 4 is 42.1 Å². The molecule has 112 valence electrons. The largest absolute Gasteiger partial charge is 0.356 e. The molecule has 1 unspecified atom stereocenters. The maximum Gasteiger partial charge on any atom is 0.220 e. The molecule has 0 spiro atoms. The lowest BCUT2D eigenvalue weighted by Crippen LogP contribution is -2.31. The Balaban J connectivity index is 0. The average Bonchev–Trinajstić information content (AvgIpc) is 2.72. The number of nitrogens with zero attached hydrogens (tertiary/aromatic N) is 1. The van der Waals surface area contributed by atoms with E-state index in [9.17, 15) is 4.79 Å². The number of halogens is 2. The van der Waals surface area contributed by atoms with E-state index >= 15 is 0 Å². The molecule has 3 N–H and O–H groups in total. The van der Waals surface area contributed by atoms with Gasteiger partial charge in [-0.1, -0.05) is 6.92 Å². The fourth-order valence-electron chi connectivity index (χ4n) is 1.41. The van der Waals surface area contributed by atoms with Crippen LogP contribution in [0.25, 0.3) is 0 Å². The summed E-state index contributed by atoms with van der Waals surface area (Å²) < 4.78 is 0. The van der Waals surface area contributed by atoms with Crippen molar-refractivity contribution in [2.45, 2.75) is 33.1 Å². The summed E-state index contributed by atoms with van der Waals surface area (Å²) in [6.45, 7) is 5.30. The number of amides is 1. The molecule has 7 heteroatoms. The lowest BCUT2D eigenvalue weighted by molar-refractivity contribution is -0.121. The van der Waals surface area contributed by atoms with Gasteiger partial charge >= 0.3 is 0 Å². The van der Waals surface area contributed by atoms with Crippen LogP contribution in [-0.4, -0.2) is 24.0 Å². The van der Waals surface area contributed by atoms with Gasteiger partial charge in [0.1, 0.15) is 0 Å². The summed E-state index contributed by atoms with van der Waals surface area (Å²) in [6.07, 6.45) is 2.30. The zero-order valence-electron chi connectivity index (χ0n) is 11.3. The Hall–Kier alpha value is -0.360. The summed E-state index contributed by atoms with van der Waals surface area (Å²) in [5.41, 5.74) is 6.57. The van der Waals surface area contributed by atoms with E-state index in [1.54, 1.807) is 11.3 Å². The van der Waals surface area contributed by atoms with Gasteiger partial charge in [0, 0.05) is 18.3 Å². The summed E-state index contributed by atoms with van der Waals surface area (Å²) in [4.78, 5) is 15.9. The number of hydrogen-bond donors (Lipinski definition) is 2. The minimum absolute atomic E-state index is 0. The quantitative estimate of drug-likeness (QED) is 0.807. The topological polar surface area (TPSA) is 68.0 Å². The van der Waals surface area contributed by atoms with Crippen LogP contribution in [0, 0.1) is 12.8 Å². The Kier molecular flexibility index (Phi) is 12.6. The molecule has 0 saturated heterocycles. The molecule has 0 radical (unpaired) electrons. The van der Waals surface area contributed by atoms with Crippen molar-refractivity contribution in [3.63, 3.8) is 0 Å². The first-order chi connectivity index (χ1) is 8.11. The SMILES string of the molecule is Cc1nc(CCCC(=O)NCC(C)CN)cs1.Cl.Cl. The van der Waals surface area contributed by atoms with Gasteiger partial charge in [-0.2, -0.15) is 0 Å². The van der Waals surface area contributed by atoms with Gasteiger partial charge in [-0.15, -0.1) is 36.2 Å². The number of aryl methyl sites for hydroxylation is 2. The van der Waals surface area contributed by atoms with E-state index in [2.05, 4.69) is 15.7 Å². The first-order valence-electron chi connectivity index (χ1n) is 5.99. The zero-order chi connectivity index (χ0) is 12.7. The number of hydrogen-bond acceptors (Lipinski definition) is 4. The Morgan fingerprint density at radius 1 is 1.53 bits per heavy atom. The third kappa shape index (κ3) is 9.21. The molecule has 1 aromatic heterocycles. The fourth-order valence-corrected chi connectivity index (χ4v) is 2.06. The predicted molar refractivity (Wildman–Crippen MR) is 85.5 cm³/mol. The molecule has 0 aliphatic heterocycles. The summed E-state index contributed by atoms with van der Waals surface area (Å²) in [7, 11) is 0. The number of thiazole rings is 1. The van der Waals surface area contributed by atoms with Crippen molar-refractivity contribution < 1.29 is 4.79 Å². The van der Waals surface area contributed by atoms with E-state index in [4.69, 9.17) is 5.73 Å². The van der Waals surface area contributed by atoms with Crippen LogP contribution in [0.1, 0.15) is 30.5 Å². The Bertz CT molecular complexity index is 360. The van der Waals surface area contributed by atoms with Crippen LogP contribution < -0.4 is 11.1 Å². The summed E-state index contributed by atoms with van der Waals surface area (Å²) >= 11 is 1.65. The molecule has 1 rings (SSSR count). The summed E-state index contributed by atoms with van der Waals surface area (Å²) in [6, 6.07) is 0. The molecule has 0 fully saturated rings. The van der Waals surface area contributed by atoms with Gasteiger partial charge in [-0.3, -0.25) is 4.79 Å². The Morgan fingerprint density at radius 3 is 2.74 bits per heavy atom. The van der Waals surface area contributed by atoms with E-state index in [0.29, 0.717) is 25.4 Å². The van der Waals surface area contributed by atoms with Crippen LogP contribution in [0.15, 0.2) is 5.38 Å². The van der Waals surface area contributed by atoms with Crippen molar-refractivity contribution in [3.8, 4) is 0 Å². The zero-order valence-corrected chi connectivity index (χ0v) is 13.8. The molecule has 0 aliphatic carbocycles. The molecule has 1 heterocycles. The minimum Gasteiger partial charge on any atom is -0.356 e. The number of nitrogens with two attached hydrogens (primary N) is 1. The highest BCUT2D eigenvalue weighted by molar-refractivity contribution is 7.09. The smallest absolute Gasteiger partial charge is 0.220 e. The Labute approximate surface area is 131 Å². The van der Waals surface area contributed by atoms with Crippen molar-refractivity contribution in [2.75, 3.05) is 13.1 Å². The molecule has 0 bridgehead atoms. The molecule has 1 aromatic rings. The summed E-state index contributed by atoms with van der Waals surface area (Å²) in [5.74, 6) is 0.456. The first-order valence-corrected chi connectivity index (χ1v) is 6.87. The van der Waals surface area contributed by atoms with Crippen molar-refractivity contribution in [1.82, 2.24) is 10.3 Å². The molecule has 0 aromatic carbocycles. The van der Waals surface area contributed by atoms with Crippen LogP contribution >= 0.6 is 36.2 Å². The standard InChI is InChI=1S/C12H21N3OS.2ClH/c1-9(6-13)7-14-12(16)5-3-4-11-8-17-10(2)15-11;;/h8-9H,3-7,13H2,1-2H3,(H,14,16);2*1H.